The number of imidazole rings is 1. The second-order valence-corrected chi connectivity index (χ2v) is 4.11. The van der Waals surface area contributed by atoms with Crippen LogP contribution in [0.2, 0.25) is 5.02 Å². The van der Waals surface area contributed by atoms with Crippen LogP contribution in [0.15, 0.2) is 40.2 Å². The Morgan fingerprint density at radius 1 is 1.17 bits per heavy atom. The van der Waals surface area contributed by atoms with Gasteiger partial charge in [-0.1, -0.05) is 11.6 Å². The first-order chi connectivity index (χ1) is 8.66. The Bertz CT molecular complexity index is 829. The number of hydrogen-bond donors (Lipinski definition) is 2. The van der Waals surface area contributed by atoms with Gasteiger partial charge in [-0.15, -0.1) is 0 Å². The van der Waals surface area contributed by atoms with Gasteiger partial charge in [0.15, 0.2) is 11.2 Å². The number of halogens is 1. The van der Waals surface area contributed by atoms with Gasteiger partial charge in [-0.25, -0.2) is 9.78 Å². The van der Waals surface area contributed by atoms with Crippen LogP contribution in [-0.2, 0) is 0 Å². The fourth-order valence-electron chi connectivity index (χ4n) is 1.79. The lowest BCUT2D eigenvalue weighted by atomic mass is 10.3. The number of rotatable bonds is 1. The maximum Gasteiger partial charge on any atom is 0.332 e. The van der Waals surface area contributed by atoms with Crippen LogP contribution in [-0.4, -0.2) is 19.5 Å². The molecule has 0 spiro atoms. The standard InChI is InChI=1S/C11H7ClN4O2/c12-6-1-3-7(4-2-6)16-8-9(15-11(16)18)13-5-14-10(8)17/h1-5H,(H2,13,14,15,17,18). The summed E-state index contributed by atoms with van der Waals surface area (Å²) in [5, 5.41) is 0.554. The highest BCUT2D eigenvalue weighted by atomic mass is 35.5. The molecule has 2 heterocycles. The van der Waals surface area contributed by atoms with E-state index in [9.17, 15) is 9.59 Å². The van der Waals surface area contributed by atoms with Gasteiger partial charge in [0.05, 0.1) is 12.0 Å². The van der Waals surface area contributed by atoms with E-state index >= 15 is 0 Å². The molecule has 0 amide bonds. The van der Waals surface area contributed by atoms with Gasteiger partial charge in [0, 0.05) is 5.02 Å². The third-order valence-electron chi connectivity index (χ3n) is 2.57. The Labute approximate surface area is 105 Å². The van der Waals surface area contributed by atoms with E-state index in [1.165, 1.54) is 10.9 Å². The van der Waals surface area contributed by atoms with Crippen LogP contribution in [0.3, 0.4) is 0 Å². The fraction of sp³-hybridized carbons (Fsp3) is 0. The first-order valence-corrected chi connectivity index (χ1v) is 5.49. The van der Waals surface area contributed by atoms with Crippen LogP contribution in [0.25, 0.3) is 16.9 Å². The van der Waals surface area contributed by atoms with Crippen LogP contribution in [0.1, 0.15) is 0 Å². The zero-order chi connectivity index (χ0) is 12.7. The van der Waals surface area contributed by atoms with Gasteiger partial charge in [0.1, 0.15) is 0 Å². The number of benzene rings is 1. The van der Waals surface area contributed by atoms with Gasteiger partial charge in [-0.05, 0) is 24.3 Å². The van der Waals surface area contributed by atoms with Gasteiger partial charge < -0.3 is 4.98 Å². The Hall–Kier alpha value is -2.34. The Balaban J connectivity index is 2.42. The van der Waals surface area contributed by atoms with Crippen LogP contribution in [0.4, 0.5) is 0 Å². The molecule has 3 aromatic rings. The monoisotopic (exact) mass is 262 g/mol. The molecule has 7 heteroatoms. The summed E-state index contributed by atoms with van der Waals surface area (Å²) in [4.78, 5) is 32.5. The quantitative estimate of drug-likeness (QED) is 0.688. The van der Waals surface area contributed by atoms with Crippen LogP contribution in [0, 0.1) is 0 Å². The summed E-state index contributed by atoms with van der Waals surface area (Å²) >= 11 is 5.79. The molecule has 0 atom stereocenters. The molecule has 0 aliphatic rings. The molecule has 6 nitrogen and oxygen atoms in total. The minimum absolute atomic E-state index is 0.185. The summed E-state index contributed by atoms with van der Waals surface area (Å²) < 4.78 is 1.26. The number of aromatic amines is 2. The van der Waals surface area contributed by atoms with Crippen LogP contribution in [0.5, 0.6) is 0 Å². The third-order valence-corrected chi connectivity index (χ3v) is 2.82. The molecule has 0 bridgehead atoms. The highest BCUT2D eigenvalue weighted by molar-refractivity contribution is 6.30. The molecule has 0 fully saturated rings. The minimum atomic E-state index is -0.420. The Morgan fingerprint density at radius 2 is 1.89 bits per heavy atom. The van der Waals surface area contributed by atoms with Crippen molar-refractivity contribution in [2.24, 2.45) is 0 Å². The summed E-state index contributed by atoms with van der Waals surface area (Å²) in [6.45, 7) is 0. The molecule has 0 aliphatic carbocycles. The molecule has 0 radical (unpaired) electrons. The predicted octanol–water partition coefficient (Wildman–Crippen LogP) is 1.06. The first kappa shape index (κ1) is 10.8. The molecule has 1 aromatic carbocycles. The average Bonchev–Trinajstić information content (AvgIpc) is 2.68. The lowest BCUT2D eigenvalue weighted by Gasteiger charge is -2.01. The topological polar surface area (TPSA) is 83.5 Å². The smallest absolute Gasteiger partial charge is 0.311 e. The largest absolute Gasteiger partial charge is 0.332 e. The minimum Gasteiger partial charge on any atom is -0.311 e. The highest BCUT2D eigenvalue weighted by Gasteiger charge is 2.12. The lowest BCUT2D eigenvalue weighted by Crippen LogP contribution is -2.18. The molecule has 3 rings (SSSR count). The summed E-state index contributed by atoms with van der Waals surface area (Å²) in [6, 6.07) is 6.60. The second kappa shape index (κ2) is 3.85. The first-order valence-electron chi connectivity index (χ1n) is 5.11. The van der Waals surface area contributed by atoms with Gasteiger partial charge in [-0.2, -0.15) is 0 Å². The molecule has 0 saturated carbocycles. The van der Waals surface area contributed by atoms with E-state index in [1.54, 1.807) is 24.3 Å². The fourth-order valence-corrected chi connectivity index (χ4v) is 1.91. The highest BCUT2D eigenvalue weighted by Crippen LogP contribution is 2.14. The molecule has 0 saturated heterocycles. The van der Waals surface area contributed by atoms with Gasteiger partial charge in [0.2, 0.25) is 0 Å². The van der Waals surface area contributed by atoms with Crippen molar-refractivity contribution in [1.82, 2.24) is 19.5 Å². The summed E-state index contributed by atoms with van der Waals surface area (Å²) in [6.07, 6.45) is 1.24. The maximum atomic E-state index is 11.9. The van der Waals surface area contributed by atoms with Crippen molar-refractivity contribution in [3.8, 4) is 5.69 Å². The number of fused-ring (bicyclic) bond motifs is 1. The zero-order valence-electron chi connectivity index (χ0n) is 8.98. The lowest BCUT2D eigenvalue weighted by molar-refractivity contribution is 1.01. The number of hydrogen-bond acceptors (Lipinski definition) is 3. The second-order valence-electron chi connectivity index (χ2n) is 3.67. The SMILES string of the molecule is O=c1[nH]cnc2[nH]c(=O)n(-c3ccc(Cl)cc3)c12. The summed E-state index contributed by atoms with van der Waals surface area (Å²) in [5.41, 5.74) is 0.183. The summed E-state index contributed by atoms with van der Waals surface area (Å²) in [5.74, 6) is 0. The zero-order valence-corrected chi connectivity index (χ0v) is 9.73. The van der Waals surface area contributed by atoms with Crippen molar-refractivity contribution in [2.75, 3.05) is 0 Å². The number of nitrogens with zero attached hydrogens (tertiary/aromatic N) is 2. The molecule has 0 unspecified atom stereocenters. The molecule has 2 aromatic heterocycles. The predicted molar refractivity (Wildman–Crippen MR) is 67.3 cm³/mol. The number of nitrogens with one attached hydrogen (secondary N) is 2. The van der Waals surface area contributed by atoms with E-state index in [0.717, 1.165) is 0 Å². The van der Waals surface area contributed by atoms with Crippen molar-refractivity contribution < 1.29 is 0 Å². The van der Waals surface area contributed by atoms with Crippen molar-refractivity contribution >= 4 is 22.8 Å². The van der Waals surface area contributed by atoms with E-state index in [0.29, 0.717) is 10.7 Å². The van der Waals surface area contributed by atoms with Gasteiger partial charge >= 0.3 is 5.69 Å². The van der Waals surface area contributed by atoms with Gasteiger partial charge in [0.25, 0.3) is 5.56 Å². The molecular formula is C11H7ClN4O2. The molecular weight excluding hydrogens is 256 g/mol. The normalized spacial score (nSPS) is 10.9. The number of H-pyrrole nitrogens is 2. The van der Waals surface area contributed by atoms with E-state index in [-0.39, 0.29) is 16.7 Å². The Kier molecular flexibility index (Phi) is 2.31. The van der Waals surface area contributed by atoms with Crippen molar-refractivity contribution in [2.45, 2.75) is 0 Å². The average molecular weight is 263 g/mol. The van der Waals surface area contributed by atoms with E-state index in [4.69, 9.17) is 11.6 Å². The summed E-state index contributed by atoms with van der Waals surface area (Å²) in [7, 11) is 0. The van der Waals surface area contributed by atoms with E-state index in [2.05, 4.69) is 15.0 Å². The van der Waals surface area contributed by atoms with E-state index < -0.39 is 5.69 Å². The van der Waals surface area contributed by atoms with Crippen LogP contribution >= 0.6 is 11.6 Å². The van der Waals surface area contributed by atoms with Crippen LogP contribution < -0.4 is 11.2 Å². The van der Waals surface area contributed by atoms with E-state index in [1.807, 2.05) is 0 Å². The molecule has 2 N–H and O–H groups in total. The third kappa shape index (κ3) is 1.54. The maximum absolute atomic E-state index is 11.9. The van der Waals surface area contributed by atoms with Crippen molar-refractivity contribution in [3.05, 3.63) is 56.5 Å². The van der Waals surface area contributed by atoms with Crippen molar-refractivity contribution in [3.63, 3.8) is 0 Å². The number of aromatic nitrogens is 4. The molecule has 18 heavy (non-hydrogen) atoms. The molecule has 90 valence electrons. The Morgan fingerprint density at radius 3 is 2.61 bits per heavy atom. The van der Waals surface area contributed by atoms with Gasteiger partial charge in [-0.3, -0.25) is 14.3 Å². The molecule has 0 aliphatic heterocycles. The van der Waals surface area contributed by atoms with Crippen molar-refractivity contribution in [1.29, 1.82) is 0 Å².